The molecule has 1 aromatic carbocycles. The van der Waals surface area contributed by atoms with Crippen molar-refractivity contribution in [1.82, 2.24) is 5.32 Å². The second-order valence-electron chi connectivity index (χ2n) is 4.69. The lowest BCUT2D eigenvalue weighted by molar-refractivity contribution is 0.0327. The Morgan fingerprint density at radius 1 is 1.33 bits per heavy atom. The van der Waals surface area contributed by atoms with Crippen molar-refractivity contribution >= 4 is 23.2 Å². The summed E-state index contributed by atoms with van der Waals surface area (Å²) in [5, 5.41) is 5.03. The minimum absolute atomic E-state index is 0.441. The third kappa shape index (κ3) is 3.39. The maximum Gasteiger partial charge on any atom is 0.0512 e. The van der Waals surface area contributed by atoms with Crippen LogP contribution >= 0.6 is 23.2 Å². The van der Waals surface area contributed by atoms with Gasteiger partial charge in [-0.15, -0.1) is 0 Å². The molecule has 1 N–H and O–H groups in total. The first kappa shape index (κ1) is 14.1. The summed E-state index contributed by atoms with van der Waals surface area (Å²) in [7, 11) is 0. The van der Waals surface area contributed by atoms with E-state index in [2.05, 4.69) is 12.2 Å². The molecule has 4 heteroatoms. The molecule has 0 radical (unpaired) electrons. The molecule has 0 saturated carbocycles. The van der Waals surface area contributed by atoms with Crippen molar-refractivity contribution < 1.29 is 4.74 Å². The minimum atomic E-state index is 0.441. The highest BCUT2D eigenvalue weighted by molar-refractivity contribution is 6.35. The third-order valence-electron chi connectivity index (χ3n) is 3.47. The molecule has 1 saturated heterocycles. The predicted octanol–water partition coefficient (Wildman–Crippen LogP) is 3.55. The third-order valence-corrected chi connectivity index (χ3v) is 4.18. The van der Waals surface area contributed by atoms with Crippen molar-refractivity contribution in [2.45, 2.75) is 25.8 Å². The van der Waals surface area contributed by atoms with Crippen molar-refractivity contribution in [1.29, 1.82) is 0 Å². The van der Waals surface area contributed by atoms with Gasteiger partial charge in [0.1, 0.15) is 0 Å². The lowest BCUT2D eigenvalue weighted by Gasteiger charge is -2.32. The van der Waals surface area contributed by atoms with Crippen LogP contribution in [0.5, 0.6) is 0 Å². The van der Waals surface area contributed by atoms with Crippen LogP contribution in [-0.2, 0) is 11.2 Å². The van der Waals surface area contributed by atoms with Gasteiger partial charge in [-0.2, -0.15) is 0 Å². The van der Waals surface area contributed by atoms with E-state index in [1.807, 2.05) is 18.2 Å². The van der Waals surface area contributed by atoms with E-state index in [1.54, 1.807) is 0 Å². The molecule has 0 unspecified atom stereocenters. The van der Waals surface area contributed by atoms with E-state index < -0.39 is 0 Å². The molecule has 100 valence electrons. The molecule has 0 bridgehead atoms. The van der Waals surface area contributed by atoms with Crippen molar-refractivity contribution in [2.24, 2.45) is 5.92 Å². The topological polar surface area (TPSA) is 21.3 Å². The molecule has 0 amide bonds. The van der Waals surface area contributed by atoms with Crippen LogP contribution < -0.4 is 5.32 Å². The number of halogens is 2. The Bertz CT molecular complexity index is 375. The zero-order valence-corrected chi connectivity index (χ0v) is 12.1. The first-order valence-corrected chi connectivity index (χ1v) is 7.22. The van der Waals surface area contributed by atoms with Gasteiger partial charge in [-0.05, 0) is 37.1 Å². The smallest absolute Gasteiger partial charge is 0.0512 e. The Morgan fingerprint density at radius 3 is 2.72 bits per heavy atom. The largest absolute Gasteiger partial charge is 0.381 e. The normalized spacial score (nSPS) is 24.2. The van der Waals surface area contributed by atoms with Crippen LogP contribution in [0.15, 0.2) is 18.2 Å². The molecular weight excluding hydrogens is 269 g/mol. The van der Waals surface area contributed by atoms with E-state index in [4.69, 9.17) is 27.9 Å². The summed E-state index contributed by atoms with van der Waals surface area (Å²) < 4.78 is 5.58. The first-order valence-electron chi connectivity index (χ1n) is 6.46. The molecule has 0 aromatic heterocycles. The predicted molar refractivity (Wildman–Crippen MR) is 76.6 cm³/mol. The number of nitrogens with one attached hydrogen (secondary N) is 1. The lowest BCUT2D eigenvalue weighted by Crippen LogP contribution is -2.43. The fraction of sp³-hybridized carbons (Fsp3) is 0.571. The molecule has 1 aliphatic heterocycles. The summed E-state index contributed by atoms with van der Waals surface area (Å²) in [6.45, 7) is 4.73. The number of ether oxygens (including phenoxy) is 1. The highest BCUT2D eigenvalue weighted by Gasteiger charge is 2.26. The summed E-state index contributed by atoms with van der Waals surface area (Å²) in [5.41, 5.74) is 1.04. The van der Waals surface area contributed by atoms with Crippen molar-refractivity contribution in [3.63, 3.8) is 0 Å². The van der Waals surface area contributed by atoms with Crippen LogP contribution in [0.25, 0.3) is 0 Å². The molecule has 1 aromatic rings. The molecule has 2 rings (SSSR count). The summed E-state index contributed by atoms with van der Waals surface area (Å²) >= 11 is 12.5. The first-order chi connectivity index (χ1) is 8.72. The van der Waals surface area contributed by atoms with Crippen molar-refractivity contribution in [3.8, 4) is 0 Å². The zero-order valence-electron chi connectivity index (χ0n) is 10.6. The molecule has 2 atom stereocenters. The maximum atomic E-state index is 6.23. The number of hydrogen-bond donors (Lipinski definition) is 1. The van der Waals surface area contributed by atoms with E-state index in [1.165, 1.54) is 0 Å². The minimum Gasteiger partial charge on any atom is -0.381 e. The quantitative estimate of drug-likeness (QED) is 0.914. The van der Waals surface area contributed by atoms with Gasteiger partial charge in [0.15, 0.2) is 0 Å². The monoisotopic (exact) mass is 287 g/mol. The van der Waals surface area contributed by atoms with Gasteiger partial charge in [0, 0.05) is 28.6 Å². The van der Waals surface area contributed by atoms with Crippen LogP contribution in [0.2, 0.25) is 10.0 Å². The van der Waals surface area contributed by atoms with E-state index in [9.17, 15) is 0 Å². The second-order valence-corrected chi connectivity index (χ2v) is 5.51. The Balaban J connectivity index is 2.11. The molecule has 0 aliphatic carbocycles. The van der Waals surface area contributed by atoms with Crippen molar-refractivity contribution in [3.05, 3.63) is 33.8 Å². The molecular formula is C14H19Cl2NO. The van der Waals surface area contributed by atoms with Crippen LogP contribution in [0.1, 0.15) is 18.9 Å². The molecule has 1 aliphatic rings. The zero-order chi connectivity index (χ0) is 13.0. The Kier molecular flexibility index (Phi) is 5.31. The number of rotatable bonds is 4. The molecule has 18 heavy (non-hydrogen) atoms. The average Bonchev–Trinajstić information content (AvgIpc) is 2.36. The SMILES string of the molecule is CCN[C@H]1CCOC[C@@H]1Cc1c(Cl)cccc1Cl. The molecule has 1 fully saturated rings. The summed E-state index contributed by atoms with van der Waals surface area (Å²) in [5.74, 6) is 0.441. The van der Waals surface area contributed by atoms with Gasteiger partial charge in [0.25, 0.3) is 0 Å². The van der Waals surface area contributed by atoms with Gasteiger partial charge in [0.2, 0.25) is 0 Å². The van der Waals surface area contributed by atoms with Crippen LogP contribution in [-0.4, -0.2) is 25.8 Å². The summed E-state index contributed by atoms with van der Waals surface area (Å²) in [6.07, 6.45) is 1.93. The fourth-order valence-electron chi connectivity index (χ4n) is 2.52. The molecule has 2 nitrogen and oxygen atoms in total. The Labute approximate surface area is 119 Å². The maximum absolute atomic E-state index is 6.23. The van der Waals surface area contributed by atoms with Crippen molar-refractivity contribution in [2.75, 3.05) is 19.8 Å². The molecule has 0 spiro atoms. The van der Waals surface area contributed by atoms with Gasteiger partial charge in [-0.1, -0.05) is 36.2 Å². The summed E-state index contributed by atoms with van der Waals surface area (Å²) in [6, 6.07) is 6.17. The summed E-state index contributed by atoms with van der Waals surface area (Å²) in [4.78, 5) is 0. The van der Waals surface area contributed by atoms with E-state index >= 15 is 0 Å². The standard InChI is InChI=1S/C14H19Cl2NO/c1-2-17-14-6-7-18-9-10(14)8-11-12(15)4-3-5-13(11)16/h3-5,10,14,17H,2,6-9H2,1H3/t10-,14-/m0/s1. The van der Waals surface area contributed by atoms with E-state index in [0.717, 1.165) is 48.2 Å². The van der Waals surface area contributed by atoms with Gasteiger partial charge in [0.05, 0.1) is 6.61 Å². The average molecular weight is 288 g/mol. The van der Waals surface area contributed by atoms with Gasteiger partial charge in [-0.25, -0.2) is 0 Å². The van der Waals surface area contributed by atoms with Crippen LogP contribution in [0, 0.1) is 5.92 Å². The highest BCUT2D eigenvalue weighted by atomic mass is 35.5. The van der Waals surface area contributed by atoms with Crippen LogP contribution in [0.4, 0.5) is 0 Å². The number of hydrogen-bond acceptors (Lipinski definition) is 2. The van der Waals surface area contributed by atoms with Gasteiger partial charge < -0.3 is 10.1 Å². The van der Waals surface area contributed by atoms with Gasteiger partial charge in [-0.3, -0.25) is 0 Å². The number of benzene rings is 1. The lowest BCUT2D eigenvalue weighted by atomic mass is 9.89. The van der Waals surface area contributed by atoms with Gasteiger partial charge >= 0.3 is 0 Å². The Morgan fingerprint density at radius 2 is 2.06 bits per heavy atom. The molecule has 1 heterocycles. The second kappa shape index (κ2) is 6.76. The van der Waals surface area contributed by atoms with Crippen LogP contribution in [0.3, 0.4) is 0 Å². The fourth-order valence-corrected chi connectivity index (χ4v) is 3.07. The van der Waals surface area contributed by atoms with E-state index in [-0.39, 0.29) is 0 Å². The highest BCUT2D eigenvalue weighted by Crippen LogP contribution is 2.29. The van der Waals surface area contributed by atoms with E-state index in [0.29, 0.717) is 12.0 Å². The Hall–Kier alpha value is -0.280.